The lowest BCUT2D eigenvalue weighted by atomic mass is 9.61. The molecule has 0 bridgehead atoms. The molecular weight excluding hydrogens is 114 g/mol. The molecule has 52 valence electrons. The molecule has 0 amide bonds. The van der Waals surface area contributed by atoms with E-state index < -0.39 is 0 Å². The summed E-state index contributed by atoms with van der Waals surface area (Å²) in [6, 6.07) is 0.471. The van der Waals surface area contributed by atoms with Crippen molar-refractivity contribution in [2.75, 3.05) is 13.1 Å². The molecule has 9 heavy (non-hydrogen) atoms. The Kier molecular flexibility index (Phi) is 0.928. The van der Waals surface area contributed by atoms with Crippen LogP contribution in [0, 0.1) is 5.41 Å². The fourth-order valence-corrected chi connectivity index (χ4v) is 2.13. The van der Waals surface area contributed by atoms with Crippen LogP contribution in [-0.4, -0.2) is 24.1 Å². The summed E-state index contributed by atoms with van der Waals surface area (Å²) >= 11 is 0. The van der Waals surface area contributed by atoms with E-state index in [4.69, 9.17) is 11.6 Å². The lowest BCUT2D eigenvalue weighted by Crippen LogP contribution is -2.67. The zero-order valence-electron chi connectivity index (χ0n) is 5.51. The molecule has 2 aliphatic rings. The molecule has 2 rings (SSSR count). The van der Waals surface area contributed by atoms with Gasteiger partial charge in [0.15, 0.2) is 0 Å². The minimum atomic E-state index is 0.471. The van der Waals surface area contributed by atoms with Crippen molar-refractivity contribution < 1.29 is 0 Å². The van der Waals surface area contributed by atoms with Crippen LogP contribution in [0.1, 0.15) is 12.8 Å². The topological polar surface area (TPSA) is 55.3 Å². The summed E-state index contributed by atoms with van der Waals surface area (Å²) in [6.07, 6.45) is 2.39. The summed E-state index contributed by atoms with van der Waals surface area (Å²) in [5, 5.41) is 1.87. The zero-order chi connectivity index (χ0) is 6.48. The third-order valence-electron chi connectivity index (χ3n) is 2.47. The molecule has 1 saturated carbocycles. The summed E-state index contributed by atoms with van der Waals surface area (Å²) in [5.41, 5.74) is 6.21. The summed E-state index contributed by atoms with van der Waals surface area (Å²) in [7, 11) is 0. The number of hydrazine groups is 1. The van der Waals surface area contributed by atoms with Gasteiger partial charge in [0.2, 0.25) is 0 Å². The second-order valence-corrected chi connectivity index (χ2v) is 3.57. The summed E-state index contributed by atoms with van der Waals surface area (Å²) in [5.74, 6) is 5.50. The minimum absolute atomic E-state index is 0.471. The van der Waals surface area contributed by atoms with Gasteiger partial charge in [0.1, 0.15) is 0 Å². The monoisotopic (exact) mass is 127 g/mol. The largest absolute Gasteiger partial charge is 0.328 e. The SMILES string of the molecule is NC1CC2(C1)CN(N)C2. The van der Waals surface area contributed by atoms with E-state index in [2.05, 4.69) is 0 Å². The highest BCUT2D eigenvalue weighted by Gasteiger charge is 2.50. The standard InChI is InChI=1S/C6H13N3/c7-5-1-6(2-5)3-9(8)4-6/h5H,1-4,7-8H2. The van der Waals surface area contributed by atoms with Gasteiger partial charge in [-0.15, -0.1) is 0 Å². The highest BCUT2D eigenvalue weighted by molar-refractivity contribution is 5.04. The summed E-state index contributed by atoms with van der Waals surface area (Å²) in [6.45, 7) is 2.14. The first-order valence-electron chi connectivity index (χ1n) is 3.45. The summed E-state index contributed by atoms with van der Waals surface area (Å²) in [4.78, 5) is 0. The smallest absolute Gasteiger partial charge is 0.0199 e. The molecule has 0 atom stereocenters. The number of hydrogen-bond donors (Lipinski definition) is 2. The van der Waals surface area contributed by atoms with Gasteiger partial charge in [0, 0.05) is 24.5 Å². The van der Waals surface area contributed by atoms with E-state index >= 15 is 0 Å². The van der Waals surface area contributed by atoms with Crippen molar-refractivity contribution in [3.05, 3.63) is 0 Å². The molecule has 0 aromatic carbocycles. The number of nitrogens with zero attached hydrogens (tertiary/aromatic N) is 1. The minimum Gasteiger partial charge on any atom is -0.328 e. The van der Waals surface area contributed by atoms with Crippen LogP contribution in [-0.2, 0) is 0 Å². The summed E-state index contributed by atoms with van der Waals surface area (Å²) < 4.78 is 0. The molecule has 0 radical (unpaired) electrons. The average molecular weight is 127 g/mol. The Morgan fingerprint density at radius 1 is 1.33 bits per heavy atom. The maximum atomic E-state index is 5.65. The molecule has 4 N–H and O–H groups in total. The van der Waals surface area contributed by atoms with E-state index in [0.717, 1.165) is 13.1 Å². The van der Waals surface area contributed by atoms with Crippen molar-refractivity contribution in [1.82, 2.24) is 5.01 Å². The lowest BCUT2D eigenvalue weighted by Gasteiger charge is -2.56. The number of nitrogens with two attached hydrogens (primary N) is 2. The normalized spacial score (nSPS) is 34.0. The van der Waals surface area contributed by atoms with Gasteiger partial charge in [0.05, 0.1) is 0 Å². The van der Waals surface area contributed by atoms with Crippen molar-refractivity contribution in [3.63, 3.8) is 0 Å². The van der Waals surface area contributed by atoms with Crippen LogP contribution in [0.15, 0.2) is 0 Å². The maximum Gasteiger partial charge on any atom is 0.0199 e. The molecule has 1 heterocycles. The van der Waals surface area contributed by atoms with E-state index in [1.54, 1.807) is 0 Å². The Bertz CT molecular complexity index is 103. The number of rotatable bonds is 0. The molecule has 1 aliphatic carbocycles. The first-order chi connectivity index (χ1) is 4.20. The number of hydrogen-bond acceptors (Lipinski definition) is 3. The first-order valence-corrected chi connectivity index (χ1v) is 3.45. The predicted octanol–water partition coefficient (Wildman–Crippen LogP) is -0.717. The molecule has 0 aromatic heterocycles. The van der Waals surface area contributed by atoms with Crippen LogP contribution in [0.25, 0.3) is 0 Å². The highest BCUT2D eigenvalue weighted by atomic mass is 15.4. The Morgan fingerprint density at radius 2 is 1.89 bits per heavy atom. The molecule has 3 heteroatoms. The fraction of sp³-hybridized carbons (Fsp3) is 1.00. The van der Waals surface area contributed by atoms with Crippen molar-refractivity contribution in [2.45, 2.75) is 18.9 Å². The van der Waals surface area contributed by atoms with Crippen molar-refractivity contribution >= 4 is 0 Å². The third kappa shape index (κ3) is 0.689. The zero-order valence-corrected chi connectivity index (χ0v) is 5.51. The molecule has 0 aromatic rings. The van der Waals surface area contributed by atoms with E-state index in [9.17, 15) is 0 Å². The van der Waals surface area contributed by atoms with E-state index in [-0.39, 0.29) is 0 Å². The van der Waals surface area contributed by atoms with E-state index in [1.807, 2.05) is 5.01 Å². The van der Waals surface area contributed by atoms with Gasteiger partial charge in [0.25, 0.3) is 0 Å². The van der Waals surface area contributed by atoms with Gasteiger partial charge < -0.3 is 5.73 Å². The van der Waals surface area contributed by atoms with Crippen LogP contribution in [0.5, 0.6) is 0 Å². The van der Waals surface area contributed by atoms with Gasteiger partial charge in [-0.2, -0.15) is 0 Å². The van der Waals surface area contributed by atoms with Gasteiger partial charge in [-0.1, -0.05) is 0 Å². The second kappa shape index (κ2) is 1.48. The molecule has 1 aliphatic heterocycles. The maximum absolute atomic E-state index is 5.65. The van der Waals surface area contributed by atoms with Crippen LogP contribution in [0.3, 0.4) is 0 Å². The Hall–Kier alpha value is -0.120. The molecule has 0 unspecified atom stereocenters. The highest BCUT2D eigenvalue weighted by Crippen LogP contribution is 2.45. The van der Waals surface area contributed by atoms with Crippen LogP contribution in [0.4, 0.5) is 0 Å². The van der Waals surface area contributed by atoms with Gasteiger partial charge in [-0.3, -0.25) is 5.84 Å². The molecule has 1 spiro atoms. The fourth-order valence-electron chi connectivity index (χ4n) is 2.13. The molecular formula is C6H13N3. The predicted molar refractivity (Wildman–Crippen MR) is 35.4 cm³/mol. The average Bonchev–Trinajstić information content (AvgIpc) is 1.58. The molecule has 1 saturated heterocycles. The van der Waals surface area contributed by atoms with Crippen molar-refractivity contribution in [2.24, 2.45) is 17.0 Å². The van der Waals surface area contributed by atoms with E-state index in [0.29, 0.717) is 11.5 Å². The van der Waals surface area contributed by atoms with Crippen LogP contribution >= 0.6 is 0 Å². The Morgan fingerprint density at radius 3 is 2.22 bits per heavy atom. The van der Waals surface area contributed by atoms with E-state index in [1.165, 1.54) is 12.8 Å². The van der Waals surface area contributed by atoms with Crippen molar-refractivity contribution in [3.8, 4) is 0 Å². The Labute approximate surface area is 55.0 Å². The third-order valence-corrected chi connectivity index (χ3v) is 2.47. The second-order valence-electron chi connectivity index (χ2n) is 3.57. The van der Waals surface area contributed by atoms with Crippen LogP contribution < -0.4 is 11.6 Å². The molecule has 2 fully saturated rings. The first kappa shape index (κ1) is 5.65. The Balaban J connectivity index is 1.87. The van der Waals surface area contributed by atoms with Gasteiger partial charge in [-0.25, -0.2) is 5.01 Å². The lowest BCUT2D eigenvalue weighted by molar-refractivity contribution is -0.0715. The molecule has 3 nitrogen and oxygen atoms in total. The van der Waals surface area contributed by atoms with Gasteiger partial charge in [-0.05, 0) is 12.8 Å². The van der Waals surface area contributed by atoms with Crippen molar-refractivity contribution in [1.29, 1.82) is 0 Å². The van der Waals surface area contributed by atoms with Crippen LogP contribution in [0.2, 0.25) is 0 Å². The quantitative estimate of drug-likeness (QED) is 0.422. The van der Waals surface area contributed by atoms with Gasteiger partial charge >= 0.3 is 0 Å².